The molecule has 0 aromatic heterocycles. The van der Waals surface area contributed by atoms with Crippen LogP contribution in [0.2, 0.25) is 0 Å². The van der Waals surface area contributed by atoms with Gasteiger partial charge >= 0.3 is 0 Å². The first-order chi connectivity index (χ1) is 5.36. The van der Waals surface area contributed by atoms with Gasteiger partial charge in [0.1, 0.15) is 5.67 Å². The highest BCUT2D eigenvalue weighted by atomic mass is 32.2. The van der Waals surface area contributed by atoms with Crippen LogP contribution in [0.5, 0.6) is 0 Å². The molecule has 72 valence electrons. The van der Waals surface area contributed by atoms with E-state index in [-0.39, 0.29) is 24.3 Å². The van der Waals surface area contributed by atoms with Crippen LogP contribution in [-0.4, -0.2) is 31.6 Å². The number of rotatable bonds is 1. The zero-order valence-corrected chi connectivity index (χ0v) is 7.90. The Morgan fingerprint density at radius 3 is 2.17 bits per heavy atom. The first kappa shape index (κ1) is 9.92. The van der Waals surface area contributed by atoms with Crippen molar-refractivity contribution in [1.29, 1.82) is 0 Å². The highest BCUT2D eigenvalue weighted by molar-refractivity contribution is 7.91. The molecule has 1 rings (SSSR count). The van der Waals surface area contributed by atoms with Gasteiger partial charge in [0.15, 0.2) is 9.84 Å². The summed E-state index contributed by atoms with van der Waals surface area (Å²) in [6.45, 7) is 1.58. The van der Waals surface area contributed by atoms with Crippen molar-refractivity contribution in [3.05, 3.63) is 0 Å². The molecule has 0 aliphatic carbocycles. The number of hydrogen-bond acceptors (Lipinski definition) is 3. The lowest BCUT2D eigenvalue weighted by molar-refractivity contribution is 0.118. The largest absolute Gasteiger partial charge is 0.325 e. The minimum Gasteiger partial charge on any atom is -0.325 e. The maximum atomic E-state index is 13.6. The van der Waals surface area contributed by atoms with Gasteiger partial charge in [-0.05, 0) is 19.8 Å². The molecule has 0 aromatic carbocycles. The molecule has 0 aromatic rings. The number of sulfone groups is 1. The molecule has 0 saturated carbocycles. The van der Waals surface area contributed by atoms with Gasteiger partial charge in [-0.15, -0.1) is 0 Å². The van der Waals surface area contributed by atoms with Gasteiger partial charge in [0, 0.05) is 6.04 Å². The molecule has 3 nitrogen and oxygen atoms in total. The Morgan fingerprint density at radius 2 is 1.83 bits per heavy atom. The summed E-state index contributed by atoms with van der Waals surface area (Å²) in [5.74, 6) is -0.129. The van der Waals surface area contributed by atoms with Crippen molar-refractivity contribution in [3.8, 4) is 0 Å². The van der Waals surface area contributed by atoms with Crippen LogP contribution in [0.15, 0.2) is 0 Å². The summed E-state index contributed by atoms with van der Waals surface area (Å²) in [6, 6.07) is -0.576. The second kappa shape index (κ2) is 2.96. The molecule has 0 bridgehead atoms. The van der Waals surface area contributed by atoms with Crippen molar-refractivity contribution in [3.63, 3.8) is 0 Å². The standard InChI is InChI=1S/C7H14FNO2S/c1-6(9)7(8)2-4-12(10,11)5-3-7/h6H,2-5,9H2,1H3. The lowest BCUT2D eigenvalue weighted by Gasteiger charge is -2.32. The Hall–Kier alpha value is -0.160. The summed E-state index contributed by atoms with van der Waals surface area (Å²) in [5.41, 5.74) is 3.95. The number of nitrogens with two attached hydrogens (primary N) is 1. The van der Waals surface area contributed by atoms with E-state index >= 15 is 0 Å². The third kappa shape index (κ3) is 1.95. The quantitative estimate of drug-likeness (QED) is 0.652. The fourth-order valence-corrected chi connectivity index (χ4v) is 2.84. The van der Waals surface area contributed by atoms with E-state index in [0.717, 1.165) is 0 Å². The lowest BCUT2D eigenvalue weighted by atomic mass is 9.92. The van der Waals surface area contributed by atoms with Crippen LogP contribution in [0.3, 0.4) is 0 Å². The average Bonchev–Trinajstić information content (AvgIpc) is 1.96. The maximum Gasteiger partial charge on any atom is 0.150 e. The minimum atomic E-state index is -2.98. The molecule has 1 atom stereocenters. The van der Waals surface area contributed by atoms with Gasteiger partial charge in [0.2, 0.25) is 0 Å². The Balaban J connectivity index is 2.68. The summed E-state index contributed by atoms with van der Waals surface area (Å²) in [5, 5.41) is 0. The van der Waals surface area contributed by atoms with Crippen molar-refractivity contribution in [2.75, 3.05) is 11.5 Å². The average molecular weight is 195 g/mol. The van der Waals surface area contributed by atoms with E-state index in [2.05, 4.69) is 0 Å². The molecule has 1 aliphatic heterocycles. The van der Waals surface area contributed by atoms with E-state index in [1.807, 2.05) is 0 Å². The van der Waals surface area contributed by atoms with Gasteiger partial charge in [0.05, 0.1) is 11.5 Å². The summed E-state index contributed by atoms with van der Waals surface area (Å²) in [6.07, 6.45) is 0.0972. The van der Waals surface area contributed by atoms with E-state index in [4.69, 9.17) is 5.73 Å². The van der Waals surface area contributed by atoms with E-state index < -0.39 is 21.5 Å². The molecule has 1 heterocycles. The third-order valence-electron chi connectivity index (χ3n) is 2.47. The Labute approximate surface area is 72.1 Å². The first-order valence-electron chi connectivity index (χ1n) is 4.01. The SMILES string of the molecule is CC(N)C1(F)CCS(=O)(=O)CC1. The fraction of sp³-hybridized carbons (Fsp3) is 1.00. The molecule has 2 N–H and O–H groups in total. The van der Waals surface area contributed by atoms with Gasteiger partial charge in [-0.3, -0.25) is 0 Å². The molecule has 1 unspecified atom stereocenters. The van der Waals surface area contributed by atoms with Crippen LogP contribution in [-0.2, 0) is 9.84 Å². The van der Waals surface area contributed by atoms with Crippen molar-refractivity contribution in [2.24, 2.45) is 5.73 Å². The smallest absolute Gasteiger partial charge is 0.150 e. The molecule has 0 spiro atoms. The zero-order chi connectivity index (χ0) is 9.41. The molecule has 0 amide bonds. The van der Waals surface area contributed by atoms with Crippen LogP contribution >= 0.6 is 0 Å². The second-order valence-electron chi connectivity index (χ2n) is 3.48. The zero-order valence-electron chi connectivity index (χ0n) is 7.09. The topological polar surface area (TPSA) is 60.2 Å². The number of halogens is 1. The molecular weight excluding hydrogens is 181 g/mol. The van der Waals surface area contributed by atoms with Crippen molar-refractivity contribution >= 4 is 9.84 Å². The Kier molecular flexibility index (Phi) is 2.45. The van der Waals surface area contributed by atoms with Crippen LogP contribution in [0.4, 0.5) is 4.39 Å². The monoisotopic (exact) mass is 195 g/mol. The van der Waals surface area contributed by atoms with Crippen LogP contribution in [0.1, 0.15) is 19.8 Å². The Bertz CT molecular complexity index is 247. The highest BCUT2D eigenvalue weighted by Crippen LogP contribution is 2.29. The van der Waals surface area contributed by atoms with Gasteiger partial charge in [0.25, 0.3) is 0 Å². The molecule has 5 heteroatoms. The van der Waals surface area contributed by atoms with Crippen molar-refractivity contribution < 1.29 is 12.8 Å². The number of alkyl halides is 1. The predicted molar refractivity (Wildman–Crippen MR) is 45.4 cm³/mol. The summed E-state index contributed by atoms with van der Waals surface area (Å²) in [7, 11) is -2.98. The molecule has 1 aliphatic rings. The van der Waals surface area contributed by atoms with E-state index in [1.165, 1.54) is 0 Å². The maximum absolute atomic E-state index is 13.6. The summed E-state index contributed by atoms with van der Waals surface area (Å²) >= 11 is 0. The van der Waals surface area contributed by atoms with Crippen molar-refractivity contribution in [1.82, 2.24) is 0 Å². The third-order valence-corrected chi connectivity index (χ3v) is 4.13. The highest BCUT2D eigenvalue weighted by Gasteiger charge is 2.40. The molecule has 1 saturated heterocycles. The molecule has 0 radical (unpaired) electrons. The molecular formula is C7H14FNO2S. The summed E-state index contributed by atoms with van der Waals surface area (Å²) < 4.78 is 35.6. The predicted octanol–water partition coefficient (Wildman–Crippen LogP) is 0.251. The van der Waals surface area contributed by atoms with Crippen LogP contribution in [0, 0.1) is 0 Å². The second-order valence-corrected chi connectivity index (χ2v) is 5.78. The molecule has 1 fully saturated rings. The lowest BCUT2D eigenvalue weighted by Crippen LogP contribution is -2.47. The fourth-order valence-electron chi connectivity index (χ4n) is 1.33. The molecule has 12 heavy (non-hydrogen) atoms. The summed E-state index contributed by atoms with van der Waals surface area (Å²) in [4.78, 5) is 0. The van der Waals surface area contributed by atoms with Gasteiger partial charge < -0.3 is 5.73 Å². The van der Waals surface area contributed by atoms with E-state index in [0.29, 0.717) is 0 Å². The Morgan fingerprint density at radius 1 is 1.42 bits per heavy atom. The van der Waals surface area contributed by atoms with Crippen molar-refractivity contribution in [2.45, 2.75) is 31.5 Å². The van der Waals surface area contributed by atoms with Gasteiger partial charge in [-0.1, -0.05) is 0 Å². The minimum absolute atomic E-state index is 0.0486. The first-order valence-corrected chi connectivity index (χ1v) is 5.83. The van der Waals surface area contributed by atoms with E-state index in [9.17, 15) is 12.8 Å². The van der Waals surface area contributed by atoms with Crippen LogP contribution in [0.25, 0.3) is 0 Å². The van der Waals surface area contributed by atoms with E-state index in [1.54, 1.807) is 6.92 Å². The van der Waals surface area contributed by atoms with Crippen LogP contribution < -0.4 is 5.73 Å². The van der Waals surface area contributed by atoms with Gasteiger partial charge in [-0.2, -0.15) is 0 Å². The number of hydrogen-bond donors (Lipinski definition) is 1. The van der Waals surface area contributed by atoms with Gasteiger partial charge in [-0.25, -0.2) is 12.8 Å². The normalized spacial score (nSPS) is 29.6.